The van der Waals surface area contributed by atoms with Gasteiger partial charge in [-0.15, -0.1) is 0 Å². The standard InChI is InChI=1S/C19H28N4O/c1-15(21-9-7-20(2)8-10-21)19(24)22-11-12-23-17(14-22)13-16-5-3-4-6-18(16)23/h3-6,15,17H,7-14H2,1-2H3/t15-,17-/m0/s1. The Bertz CT molecular complexity index is 611. The summed E-state index contributed by atoms with van der Waals surface area (Å²) in [6, 6.07) is 9.16. The Morgan fingerprint density at radius 3 is 2.62 bits per heavy atom. The Kier molecular flexibility index (Phi) is 4.22. The number of likely N-dealkylation sites (N-methyl/N-ethyl adjacent to an activating group) is 1. The fourth-order valence-corrected chi connectivity index (χ4v) is 4.39. The molecule has 2 atom stereocenters. The number of para-hydroxylation sites is 1. The van der Waals surface area contributed by atoms with Gasteiger partial charge in [0.05, 0.1) is 12.1 Å². The zero-order valence-corrected chi connectivity index (χ0v) is 14.8. The first kappa shape index (κ1) is 15.9. The van der Waals surface area contributed by atoms with E-state index in [1.807, 2.05) is 0 Å². The van der Waals surface area contributed by atoms with Crippen molar-refractivity contribution in [2.75, 3.05) is 57.8 Å². The van der Waals surface area contributed by atoms with Crippen LogP contribution in [0.15, 0.2) is 24.3 Å². The number of carbonyl (C=O) groups is 1. The number of amides is 1. The van der Waals surface area contributed by atoms with Crippen molar-refractivity contribution in [3.63, 3.8) is 0 Å². The molecule has 1 aromatic rings. The lowest BCUT2D eigenvalue weighted by Gasteiger charge is -2.42. The Morgan fingerprint density at radius 2 is 1.83 bits per heavy atom. The van der Waals surface area contributed by atoms with Crippen LogP contribution in [0.1, 0.15) is 12.5 Å². The molecule has 0 unspecified atom stereocenters. The summed E-state index contributed by atoms with van der Waals surface area (Å²) < 4.78 is 0. The first-order valence-electron chi connectivity index (χ1n) is 9.19. The predicted molar refractivity (Wildman–Crippen MR) is 96.4 cm³/mol. The van der Waals surface area contributed by atoms with Gasteiger partial charge in [-0.25, -0.2) is 0 Å². The third kappa shape index (κ3) is 2.80. The number of hydrogen-bond acceptors (Lipinski definition) is 4. The Labute approximate surface area is 144 Å². The van der Waals surface area contributed by atoms with Crippen molar-refractivity contribution < 1.29 is 4.79 Å². The maximum atomic E-state index is 13.0. The zero-order chi connectivity index (χ0) is 16.7. The van der Waals surface area contributed by atoms with Crippen LogP contribution in [0.2, 0.25) is 0 Å². The summed E-state index contributed by atoms with van der Waals surface area (Å²) in [6.45, 7) is 8.88. The van der Waals surface area contributed by atoms with Crippen molar-refractivity contribution in [2.45, 2.75) is 25.4 Å². The summed E-state index contributed by atoms with van der Waals surface area (Å²) >= 11 is 0. The third-order valence-electron chi connectivity index (χ3n) is 5.99. The zero-order valence-electron chi connectivity index (χ0n) is 14.8. The molecule has 3 heterocycles. The quantitative estimate of drug-likeness (QED) is 0.807. The Morgan fingerprint density at radius 1 is 1.08 bits per heavy atom. The molecule has 0 saturated carbocycles. The van der Waals surface area contributed by atoms with Gasteiger partial charge in [-0.2, -0.15) is 0 Å². The maximum absolute atomic E-state index is 13.0. The Hall–Kier alpha value is -1.59. The van der Waals surface area contributed by atoms with Crippen molar-refractivity contribution in [1.82, 2.24) is 14.7 Å². The highest BCUT2D eigenvalue weighted by Crippen LogP contribution is 2.34. The second-order valence-electron chi connectivity index (χ2n) is 7.48. The minimum atomic E-state index is 0.00836. The molecule has 4 rings (SSSR count). The summed E-state index contributed by atoms with van der Waals surface area (Å²) in [5.41, 5.74) is 2.81. The monoisotopic (exact) mass is 328 g/mol. The van der Waals surface area contributed by atoms with Gasteiger partial charge in [0.1, 0.15) is 0 Å². The number of anilines is 1. The van der Waals surface area contributed by atoms with Crippen LogP contribution in [0.4, 0.5) is 5.69 Å². The molecule has 1 aromatic carbocycles. The number of carbonyl (C=O) groups excluding carboxylic acids is 1. The molecular weight excluding hydrogens is 300 g/mol. The van der Waals surface area contributed by atoms with E-state index in [4.69, 9.17) is 0 Å². The largest absolute Gasteiger partial charge is 0.364 e. The van der Waals surface area contributed by atoms with Crippen LogP contribution >= 0.6 is 0 Å². The van der Waals surface area contributed by atoms with Gasteiger partial charge in [0.15, 0.2) is 0 Å². The van der Waals surface area contributed by atoms with E-state index in [1.165, 1.54) is 11.3 Å². The molecule has 2 saturated heterocycles. The van der Waals surface area contributed by atoms with Crippen LogP contribution < -0.4 is 4.90 Å². The van der Waals surface area contributed by atoms with E-state index in [0.29, 0.717) is 11.9 Å². The minimum absolute atomic E-state index is 0.00836. The summed E-state index contributed by atoms with van der Waals surface area (Å²) in [7, 11) is 2.15. The lowest BCUT2D eigenvalue weighted by atomic mass is 10.1. The molecule has 24 heavy (non-hydrogen) atoms. The van der Waals surface area contributed by atoms with Crippen LogP contribution in [0, 0.1) is 0 Å². The summed E-state index contributed by atoms with van der Waals surface area (Å²) in [4.78, 5) is 22.3. The lowest BCUT2D eigenvalue weighted by molar-refractivity contribution is -0.137. The minimum Gasteiger partial charge on any atom is -0.364 e. The van der Waals surface area contributed by atoms with E-state index in [-0.39, 0.29) is 6.04 Å². The highest BCUT2D eigenvalue weighted by Gasteiger charge is 2.37. The molecule has 1 amide bonds. The van der Waals surface area contributed by atoms with E-state index >= 15 is 0 Å². The number of rotatable bonds is 2. The first-order valence-corrected chi connectivity index (χ1v) is 9.19. The van der Waals surface area contributed by atoms with Gasteiger partial charge in [-0.1, -0.05) is 18.2 Å². The van der Waals surface area contributed by atoms with Crippen molar-refractivity contribution >= 4 is 11.6 Å². The highest BCUT2D eigenvalue weighted by molar-refractivity contribution is 5.82. The second-order valence-corrected chi connectivity index (χ2v) is 7.48. The molecule has 3 aliphatic rings. The summed E-state index contributed by atoms with van der Waals surface area (Å²) in [6.07, 6.45) is 1.07. The van der Waals surface area contributed by atoms with Crippen molar-refractivity contribution in [3.05, 3.63) is 29.8 Å². The van der Waals surface area contributed by atoms with E-state index in [0.717, 1.165) is 52.2 Å². The molecule has 5 heteroatoms. The lowest BCUT2D eigenvalue weighted by Crippen LogP contribution is -2.59. The number of piperazine rings is 2. The van der Waals surface area contributed by atoms with Crippen LogP contribution in [-0.2, 0) is 11.2 Å². The fraction of sp³-hybridized carbons (Fsp3) is 0.632. The van der Waals surface area contributed by atoms with Gasteiger partial charge in [0, 0.05) is 51.5 Å². The first-order chi connectivity index (χ1) is 11.6. The topological polar surface area (TPSA) is 30.0 Å². The van der Waals surface area contributed by atoms with Crippen LogP contribution in [0.5, 0.6) is 0 Å². The van der Waals surface area contributed by atoms with E-state index < -0.39 is 0 Å². The van der Waals surface area contributed by atoms with Crippen molar-refractivity contribution in [1.29, 1.82) is 0 Å². The van der Waals surface area contributed by atoms with Gasteiger partial charge in [0.25, 0.3) is 0 Å². The van der Waals surface area contributed by atoms with Gasteiger partial charge in [-0.05, 0) is 32.0 Å². The van der Waals surface area contributed by atoms with Crippen LogP contribution in [0.25, 0.3) is 0 Å². The highest BCUT2D eigenvalue weighted by atomic mass is 16.2. The number of hydrogen-bond donors (Lipinski definition) is 0. The van der Waals surface area contributed by atoms with Gasteiger partial charge < -0.3 is 14.7 Å². The summed E-state index contributed by atoms with van der Waals surface area (Å²) in [5, 5.41) is 0. The number of fused-ring (bicyclic) bond motifs is 3. The van der Waals surface area contributed by atoms with Gasteiger partial charge >= 0.3 is 0 Å². The van der Waals surface area contributed by atoms with Gasteiger partial charge in [-0.3, -0.25) is 9.69 Å². The molecule has 0 N–H and O–H groups in total. The molecule has 0 bridgehead atoms. The predicted octanol–water partition coefficient (Wildman–Crippen LogP) is 0.896. The molecule has 3 aliphatic heterocycles. The van der Waals surface area contributed by atoms with E-state index in [1.54, 1.807) is 0 Å². The van der Waals surface area contributed by atoms with E-state index in [9.17, 15) is 4.79 Å². The van der Waals surface area contributed by atoms with E-state index in [2.05, 4.69) is 57.8 Å². The van der Waals surface area contributed by atoms with Crippen molar-refractivity contribution in [2.24, 2.45) is 0 Å². The molecule has 0 aliphatic carbocycles. The molecule has 5 nitrogen and oxygen atoms in total. The van der Waals surface area contributed by atoms with Crippen LogP contribution in [-0.4, -0.2) is 85.6 Å². The third-order valence-corrected chi connectivity index (χ3v) is 5.99. The number of nitrogens with zero attached hydrogens (tertiary/aromatic N) is 4. The molecule has 130 valence electrons. The summed E-state index contributed by atoms with van der Waals surface area (Å²) in [5.74, 6) is 0.315. The average molecular weight is 328 g/mol. The number of benzene rings is 1. The maximum Gasteiger partial charge on any atom is 0.239 e. The molecule has 0 spiro atoms. The molecule has 0 radical (unpaired) electrons. The van der Waals surface area contributed by atoms with Crippen LogP contribution in [0.3, 0.4) is 0 Å². The van der Waals surface area contributed by atoms with Crippen molar-refractivity contribution in [3.8, 4) is 0 Å². The molecular formula is C19H28N4O. The SMILES string of the molecule is C[C@@H](C(=O)N1CCN2c3ccccc3C[C@H]2C1)N1CCN(C)CC1. The molecule has 2 fully saturated rings. The normalized spacial score (nSPS) is 26.2. The second kappa shape index (κ2) is 6.37. The Balaban J connectivity index is 1.39. The fourth-order valence-electron chi connectivity index (χ4n) is 4.39. The molecule has 0 aromatic heterocycles. The average Bonchev–Trinajstić information content (AvgIpc) is 2.99. The smallest absolute Gasteiger partial charge is 0.239 e. The van der Waals surface area contributed by atoms with Gasteiger partial charge in [0.2, 0.25) is 5.91 Å².